The van der Waals surface area contributed by atoms with E-state index in [0.29, 0.717) is 10.7 Å². The van der Waals surface area contributed by atoms with Gasteiger partial charge in [-0.25, -0.2) is 4.98 Å². The van der Waals surface area contributed by atoms with Gasteiger partial charge in [0.15, 0.2) is 5.13 Å². The molecular weight excluding hydrogens is 274 g/mol. The second-order valence-electron chi connectivity index (χ2n) is 5.17. The summed E-state index contributed by atoms with van der Waals surface area (Å²) in [6.07, 6.45) is 3.24. The van der Waals surface area contributed by atoms with E-state index in [1.807, 2.05) is 0 Å². The zero-order chi connectivity index (χ0) is 14.1. The fraction of sp³-hybridized carbons (Fsp3) is 0.429. The number of nitrogens with two attached hydrogens (primary N) is 1. The molecule has 1 fully saturated rings. The normalized spacial score (nSPS) is 22.9. The monoisotopic (exact) mass is 291 g/mol. The lowest BCUT2D eigenvalue weighted by molar-refractivity contribution is 0.0717. The second-order valence-corrected chi connectivity index (χ2v) is 6.23. The minimum atomic E-state index is -0.435. The molecule has 6 heteroatoms. The third-order valence-electron chi connectivity index (χ3n) is 3.71. The lowest BCUT2D eigenvalue weighted by Crippen LogP contribution is -2.45. The summed E-state index contributed by atoms with van der Waals surface area (Å²) in [5.41, 5.74) is 7.05. The maximum absolute atomic E-state index is 12.2. The van der Waals surface area contributed by atoms with Crippen LogP contribution in [0.2, 0.25) is 0 Å². The number of amides is 1. The standard InChI is InChI=1S/C14H17N3O2S/c15-14-17-10-6-5-8(7-12(10)20-14)13(19)16-9-3-1-2-4-11(9)18/h5-7,9,11,18H,1-4H2,(H2,15,17)(H,16,19)/t9-,11-/m1/s1. The van der Waals surface area contributed by atoms with Crippen molar-refractivity contribution in [2.24, 2.45) is 0 Å². The number of hydrogen-bond acceptors (Lipinski definition) is 5. The van der Waals surface area contributed by atoms with Gasteiger partial charge in [0, 0.05) is 5.56 Å². The van der Waals surface area contributed by atoms with Gasteiger partial charge in [-0.05, 0) is 31.0 Å². The topological polar surface area (TPSA) is 88.2 Å². The van der Waals surface area contributed by atoms with Gasteiger partial charge in [0.2, 0.25) is 0 Å². The van der Waals surface area contributed by atoms with E-state index in [4.69, 9.17) is 5.73 Å². The number of aliphatic hydroxyl groups is 1. The quantitative estimate of drug-likeness (QED) is 0.788. The number of aliphatic hydroxyl groups excluding tert-OH is 1. The molecule has 1 aromatic carbocycles. The molecule has 1 aromatic heterocycles. The molecule has 1 heterocycles. The van der Waals surface area contributed by atoms with Crippen LogP contribution in [0.4, 0.5) is 5.13 Å². The first kappa shape index (κ1) is 13.3. The van der Waals surface area contributed by atoms with Gasteiger partial charge < -0.3 is 16.2 Å². The first-order chi connectivity index (χ1) is 9.63. The number of nitrogen functional groups attached to an aromatic ring is 1. The zero-order valence-electron chi connectivity index (χ0n) is 11.0. The number of nitrogens with one attached hydrogen (secondary N) is 1. The van der Waals surface area contributed by atoms with Crippen LogP contribution in [-0.4, -0.2) is 28.1 Å². The highest BCUT2D eigenvalue weighted by Crippen LogP contribution is 2.25. The molecule has 5 nitrogen and oxygen atoms in total. The number of thiazole rings is 1. The number of nitrogens with zero attached hydrogens (tertiary/aromatic N) is 1. The van der Waals surface area contributed by atoms with Crippen molar-refractivity contribution in [1.29, 1.82) is 0 Å². The smallest absolute Gasteiger partial charge is 0.251 e. The highest BCUT2D eigenvalue weighted by atomic mass is 32.1. The maximum Gasteiger partial charge on any atom is 0.251 e. The Bertz CT molecular complexity index is 640. The maximum atomic E-state index is 12.2. The summed E-state index contributed by atoms with van der Waals surface area (Å²) in [7, 11) is 0. The molecule has 1 saturated carbocycles. The molecule has 2 atom stereocenters. The molecule has 0 saturated heterocycles. The summed E-state index contributed by atoms with van der Waals surface area (Å²) >= 11 is 1.37. The number of fused-ring (bicyclic) bond motifs is 1. The molecule has 2 aromatic rings. The van der Waals surface area contributed by atoms with E-state index >= 15 is 0 Å². The number of aromatic nitrogens is 1. The fourth-order valence-electron chi connectivity index (χ4n) is 2.62. The SMILES string of the molecule is Nc1nc2ccc(C(=O)N[C@@H]3CCCC[C@H]3O)cc2s1. The van der Waals surface area contributed by atoms with Crippen molar-refractivity contribution in [2.75, 3.05) is 5.73 Å². The predicted octanol–water partition coefficient (Wildman–Crippen LogP) is 1.91. The number of carbonyl (C=O) groups is 1. The molecule has 20 heavy (non-hydrogen) atoms. The molecule has 106 valence electrons. The molecule has 0 unspecified atom stereocenters. The third-order valence-corrected chi connectivity index (χ3v) is 4.56. The summed E-state index contributed by atoms with van der Waals surface area (Å²) in [6.45, 7) is 0. The number of carbonyl (C=O) groups excluding carboxylic acids is 1. The van der Waals surface area contributed by atoms with E-state index in [-0.39, 0.29) is 11.9 Å². The van der Waals surface area contributed by atoms with Crippen LogP contribution < -0.4 is 11.1 Å². The number of hydrogen-bond donors (Lipinski definition) is 3. The van der Waals surface area contributed by atoms with Crippen LogP contribution in [0.1, 0.15) is 36.0 Å². The Balaban J connectivity index is 1.77. The lowest BCUT2D eigenvalue weighted by atomic mass is 9.92. The Morgan fingerprint density at radius 2 is 2.20 bits per heavy atom. The molecule has 1 amide bonds. The van der Waals surface area contributed by atoms with Crippen molar-refractivity contribution in [3.05, 3.63) is 23.8 Å². The summed E-state index contributed by atoms with van der Waals surface area (Å²) in [4.78, 5) is 16.4. The number of anilines is 1. The zero-order valence-corrected chi connectivity index (χ0v) is 11.8. The van der Waals surface area contributed by atoms with Crippen LogP contribution in [0.25, 0.3) is 10.2 Å². The summed E-state index contributed by atoms with van der Waals surface area (Å²) in [5, 5.41) is 13.3. The summed E-state index contributed by atoms with van der Waals surface area (Å²) < 4.78 is 0.902. The second kappa shape index (κ2) is 5.38. The van der Waals surface area contributed by atoms with Gasteiger partial charge in [0.1, 0.15) is 0 Å². The Morgan fingerprint density at radius 3 is 3.00 bits per heavy atom. The summed E-state index contributed by atoms with van der Waals surface area (Å²) in [6, 6.07) is 5.20. The van der Waals surface area contributed by atoms with Gasteiger partial charge >= 0.3 is 0 Å². The molecule has 3 rings (SSSR count). The Labute approximate surface area is 120 Å². The van der Waals surface area contributed by atoms with E-state index in [0.717, 1.165) is 35.9 Å². The molecule has 1 aliphatic carbocycles. The molecule has 0 bridgehead atoms. The van der Waals surface area contributed by atoms with Crippen LogP contribution in [0.3, 0.4) is 0 Å². The first-order valence-electron chi connectivity index (χ1n) is 6.78. The number of benzene rings is 1. The Morgan fingerprint density at radius 1 is 1.40 bits per heavy atom. The molecular formula is C14H17N3O2S. The van der Waals surface area contributed by atoms with Crippen LogP contribution in [0.5, 0.6) is 0 Å². The first-order valence-corrected chi connectivity index (χ1v) is 7.60. The van der Waals surface area contributed by atoms with Crippen LogP contribution in [-0.2, 0) is 0 Å². The summed E-state index contributed by atoms with van der Waals surface area (Å²) in [5.74, 6) is -0.148. The van der Waals surface area contributed by atoms with E-state index < -0.39 is 6.10 Å². The molecule has 4 N–H and O–H groups in total. The van der Waals surface area contributed by atoms with Crippen molar-refractivity contribution < 1.29 is 9.90 Å². The molecule has 0 spiro atoms. The molecule has 0 radical (unpaired) electrons. The Kier molecular flexibility index (Phi) is 3.58. The highest BCUT2D eigenvalue weighted by Gasteiger charge is 2.24. The van der Waals surface area contributed by atoms with Crippen molar-refractivity contribution in [3.8, 4) is 0 Å². The van der Waals surface area contributed by atoms with Gasteiger partial charge in [0.25, 0.3) is 5.91 Å². The van der Waals surface area contributed by atoms with Crippen molar-refractivity contribution >= 4 is 32.6 Å². The Hall–Kier alpha value is -1.66. The van der Waals surface area contributed by atoms with Gasteiger partial charge in [-0.15, -0.1) is 0 Å². The predicted molar refractivity (Wildman–Crippen MR) is 79.8 cm³/mol. The van der Waals surface area contributed by atoms with E-state index in [2.05, 4.69) is 10.3 Å². The average Bonchev–Trinajstić information content (AvgIpc) is 2.80. The van der Waals surface area contributed by atoms with Gasteiger partial charge in [0.05, 0.1) is 22.4 Å². The highest BCUT2D eigenvalue weighted by molar-refractivity contribution is 7.22. The minimum Gasteiger partial charge on any atom is -0.391 e. The minimum absolute atomic E-state index is 0.140. The molecule has 0 aliphatic heterocycles. The lowest BCUT2D eigenvalue weighted by Gasteiger charge is -2.28. The van der Waals surface area contributed by atoms with E-state index in [1.54, 1.807) is 18.2 Å². The largest absolute Gasteiger partial charge is 0.391 e. The third kappa shape index (κ3) is 2.62. The average molecular weight is 291 g/mol. The van der Waals surface area contributed by atoms with Crippen LogP contribution in [0, 0.1) is 0 Å². The van der Waals surface area contributed by atoms with E-state index in [1.165, 1.54) is 11.3 Å². The van der Waals surface area contributed by atoms with Crippen molar-refractivity contribution in [3.63, 3.8) is 0 Å². The van der Waals surface area contributed by atoms with Crippen LogP contribution >= 0.6 is 11.3 Å². The van der Waals surface area contributed by atoms with Crippen molar-refractivity contribution in [2.45, 2.75) is 37.8 Å². The fourth-order valence-corrected chi connectivity index (χ4v) is 3.39. The van der Waals surface area contributed by atoms with Crippen LogP contribution in [0.15, 0.2) is 18.2 Å². The van der Waals surface area contributed by atoms with Gasteiger partial charge in [-0.2, -0.15) is 0 Å². The van der Waals surface area contributed by atoms with Crippen molar-refractivity contribution in [1.82, 2.24) is 10.3 Å². The van der Waals surface area contributed by atoms with Gasteiger partial charge in [-0.3, -0.25) is 4.79 Å². The van der Waals surface area contributed by atoms with E-state index in [9.17, 15) is 9.90 Å². The van der Waals surface area contributed by atoms with Gasteiger partial charge in [-0.1, -0.05) is 24.2 Å². The number of rotatable bonds is 2. The molecule has 1 aliphatic rings.